The molecule has 2 aromatic heterocycles. The number of urea groups is 1. The molecule has 3 amide bonds. The van der Waals surface area contributed by atoms with Crippen molar-refractivity contribution in [2.75, 3.05) is 13.3 Å². The number of aliphatic carboxylic acids is 1. The van der Waals surface area contributed by atoms with Gasteiger partial charge in [0, 0.05) is 16.3 Å². The average molecular weight is 584 g/mol. The number of hydrogen-bond acceptors (Lipinski definition) is 7. The first-order valence-corrected chi connectivity index (χ1v) is 15.2. The van der Waals surface area contributed by atoms with E-state index < -0.39 is 18.1 Å². The number of benzene rings is 1. The maximum absolute atomic E-state index is 14.1. The van der Waals surface area contributed by atoms with Crippen LogP contribution in [-0.2, 0) is 16.1 Å². The molecule has 40 heavy (non-hydrogen) atoms. The highest BCUT2D eigenvalue weighted by Gasteiger charge is 2.40. The van der Waals surface area contributed by atoms with Gasteiger partial charge in [-0.15, -0.1) is 22.7 Å². The van der Waals surface area contributed by atoms with Crippen molar-refractivity contribution < 1.29 is 29.0 Å². The summed E-state index contributed by atoms with van der Waals surface area (Å²) >= 11 is 3.24. The van der Waals surface area contributed by atoms with Gasteiger partial charge in [0.25, 0.3) is 0 Å². The normalized spacial score (nSPS) is 18.0. The number of carboxylic acid groups (broad SMARTS) is 1. The summed E-state index contributed by atoms with van der Waals surface area (Å²) in [4.78, 5) is 45.5. The van der Waals surface area contributed by atoms with Crippen LogP contribution in [0.25, 0.3) is 0 Å². The molecule has 212 valence electrons. The molecule has 11 heteroatoms. The molecule has 3 atom stereocenters. The van der Waals surface area contributed by atoms with Gasteiger partial charge in [0.15, 0.2) is 11.5 Å². The fraction of sp³-hybridized carbons (Fsp3) is 0.414. The van der Waals surface area contributed by atoms with Crippen molar-refractivity contribution in [1.82, 2.24) is 15.1 Å². The summed E-state index contributed by atoms with van der Waals surface area (Å²) in [6.45, 7) is 3.05. The zero-order valence-corrected chi connectivity index (χ0v) is 23.9. The van der Waals surface area contributed by atoms with E-state index in [-0.39, 0.29) is 31.2 Å². The highest BCUT2D eigenvalue weighted by molar-refractivity contribution is 7.10. The molecule has 2 aliphatic rings. The number of hydrogen-bond donors (Lipinski definition) is 2. The van der Waals surface area contributed by atoms with Crippen LogP contribution >= 0.6 is 22.7 Å². The number of nitrogens with one attached hydrogen (secondary N) is 1. The van der Waals surface area contributed by atoms with Crippen LogP contribution in [0, 0.1) is 0 Å². The van der Waals surface area contributed by atoms with E-state index in [0.29, 0.717) is 43.0 Å². The SMILES string of the molecule is CCCC[C@@H](C(=O)N[C@@H](CC(=O)O)c1ccc2c(c1)OCO2)N1CCC(c2cccs2)N(Cc2cccs2)C1=O. The fourth-order valence-corrected chi connectivity index (χ4v) is 6.85. The Morgan fingerprint density at radius 1 is 1.12 bits per heavy atom. The Kier molecular flexibility index (Phi) is 8.91. The van der Waals surface area contributed by atoms with E-state index in [4.69, 9.17) is 9.47 Å². The van der Waals surface area contributed by atoms with Crippen LogP contribution in [0.15, 0.2) is 53.2 Å². The van der Waals surface area contributed by atoms with Crippen molar-refractivity contribution in [3.63, 3.8) is 0 Å². The molecule has 3 aromatic rings. The Hall–Kier alpha value is -3.57. The Labute approximate surface area is 241 Å². The van der Waals surface area contributed by atoms with Gasteiger partial charge in [-0.25, -0.2) is 4.79 Å². The number of carboxylic acids is 1. The van der Waals surface area contributed by atoms with Crippen molar-refractivity contribution in [1.29, 1.82) is 0 Å². The lowest BCUT2D eigenvalue weighted by atomic mass is 9.99. The number of rotatable bonds is 12. The minimum atomic E-state index is -1.04. The Morgan fingerprint density at radius 3 is 2.65 bits per heavy atom. The number of unbranched alkanes of at least 4 members (excludes halogenated alkanes) is 1. The van der Waals surface area contributed by atoms with Gasteiger partial charge >= 0.3 is 12.0 Å². The highest BCUT2D eigenvalue weighted by Crippen LogP contribution is 2.37. The molecule has 2 aliphatic heterocycles. The third-order valence-corrected chi connectivity index (χ3v) is 9.13. The summed E-state index contributed by atoms with van der Waals surface area (Å²) in [6.07, 6.45) is 2.52. The first kappa shape index (κ1) is 28.0. The van der Waals surface area contributed by atoms with Gasteiger partial charge in [0.1, 0.15) is 6.04 Å². The first-order valence-electron chi connectivity index (χ1n) is 13.5. The first-order chi connectivity index (χ1) is 19.4. The second-order valence-corrected chi connectivity index (χ2v) is 11.9. The van der Waals surface area contributed by atoms with Gasteiger partial charge in [0.2, 0.25) is 12.7 Å². The minimum Gasteiger partial charge on any atom is -0.481 e. The summed E-state index contributed by atoms with van der Waals surface area (Å²) in [5.41, 5.74) is 0.608. The number of ether oxygens (including phenoxy) is 2. The number of fused-ring (bicyclic) bond motifs is 1. The Bertz CT molecular complexity index is 1310. The third kappa shape index (κ3) is 6.26. The molecule has 1 fully saturated rings. The van der Waals surface area contributed by atoms with E-state index in [1.165, 1.54) is 0 Å². The van der Waals surface area contributed by atoms with Gasteiger partial charge in [-0.2, -0.15) is 0 Å². The summed E-state index contributed by atoms with van der Waals surface area (Å²) in [6, 6.07) is 11.5. The summed E-state index contributed by atoms with van der Waals surface area (Å²) in [7, 11) is 0. The summed E-state index contributed by atoms with van der Waals surface area (Å²) in [5.74, 6) is -0.297. The van der Waals surface area contributed by atoms with Crippen LogP contribution in [0.3, 0.4) is 0 Å². The quantitative estimate of drug-likeness (QED) is 0.279. The lowest BCUT2D eigenvalue weighted by molar-refractivity contribution is -0.138. The highest BCUT2D eigenvalue weighted by atomic mass is 32.1. The monoisotopic (exact) mass is 583 g/mol. The van der Waals surface area contributed by atoms with Crippen LogP contribution in [0.2, 0.25) is 0 Å². The van der Waals surface area contributed by atoms with Crippen molar-refractivity contribution in [2.24, 2.45) is 0 Å². The van der Waals surface area contributed by atoms with E-state index in [1.54, 1.807) is 45.8 Å². The Balaban J connectivity index is 1.39. The molecule has 2 N–H and O–H groups in total. The van der Waals surface area contributed by atoms with Gasteiger partial charge in [-0.05, 0) is 53.4 Å². The van der Waals surface area contributed by atoms with E-state index in [1.807, 2.05) is 40.8 Å². The minimum absolute atomic E-state index is 0.0610. The smallest absolute Gasteiger partial charge is 0.321 e. The summed E-state index contributed by atoms with van der Waals surface area (Å²) in [5, 5.41) is 16.6. The molecule has 0 bridgehead atoms. The molecular formula is C29H33N3O6S2. The third-order valence-electron chi connectivity index (χ3n) is 7.29. The van der Waals surface area contributed by atoms with Crippen LogP contribution < -0.4 is 14.8 Å². The van der Waals surface area contributed by atoms with Crippen molar-refractivity contribution in [2.45, 2.75) is 63.7 Å². The van der Waals surface area contributed by atoms with Crippen molar-refractivity contribution in [3.8, 4) is 11.5 Å². The molecule has 5 rings (SSSR count). The zero-order valence-electron chi connectivity index (χ0n) is 22.3. The molecule has 0 aliphatic carbocycles. The maximum Gasteiger partial charge on any atom is 0.321 e. The standard InChI is InChI=1S/C29H33N3O6S2/c1-2-3-7-23(28(35)30-21(16-27(33)34)19-9-10-24-25(15-19)38-18-37-24)31-12-11-22(26-8-5-14-40-26)32(29(31)36)17-20-6-4-13-39-20/h4-6,8-10,13-15,21-23H,2-3,7,11-12,16-18H2,1H3,(H,30,35)(H,33,34)/t21-,22?,23-/m0/s1. The number of carbonyl (C=O) groups excluding carboxylic acids is 2. The number of carbonyl (C=O) groups is 3. The van der Waals surface area contributed by atoms with E-state index in [0.717, 1.165) is 22.6 Å². The molecule has 1 unspecified atom stereocenters. The number of nitrogens with zero attached hydrogens (tertiary/aromatic N) is 2. The predicted molar refractivity (Wildman–Crippen MR) is 153 cm³/mol. The van der Waals surface area contributed by atoms with E-state index in [2.05, 4.69) is 11.4 Å². The number of thiophene rings is 2. The molecule has 0 saturated carbocycles. The molecule has 0 radical (unpaired) electrons. The van der Waals surface area contributed by atoms with Gasteiger partial charge in [-0.3, -0.25) is 9.59 Å². The molecule has 9 nitrogen and oxygen atoms in total. The van der Waals surface area contributed by atoms with Crippen LogP contribution in [-0.4, -0.2) is 52.2 Å². The molecule has 1 saturated heterocycles. The van der Waals surface area contributed by atoms with Crippen LogP contribution in [0.4, 0.5) is 4.79 Å². The molecular weight excluding hydrogens is 550 g/mol. The lowest BCUT2D eigenvalue weighted by Crippen LogP contribution is -2.58. The zero-order chi connectivity index (χ0) is 28.1. The van der Waals surface area contributed by atoms with E-state index in [9.17, 15) is 19.5 Å². The molecule has 4 heterocycles. The number of amides is 3. The lowest BCUT2D eigenvalue weighted by Gasteiger charge is -2.44. The largest absolute Gasteiger partial charge is 0.481 e. The second-order valence-electron chi connectivity index (χ2n) is 9.93. The molecule has 1 aromatic carbocycles. The second kappa shape index (κ2) is 12.7. The van der Waals surface area contributed by atoms with Crippen molar-refractivity contribution in [3.05, 3.63) is 68.5 Å². The fourth-order valence-electron chi connectivity index (χ4n) is 5.28. The van der Waals surface area contributed by atoms with Gasteiger partial charge in [0.05, 0.1) is 25.0 Å². The average Bonchev–Trinajstić information content (AvgIpc) is 3.73. The summed E-state index contributed by atoms with van der Waals surface area (Å²) < 4.78 is 10.8. The van der Waals surface area contributed by atoms with Crippen LogP contribution in [0.5, 0.6) is 11.5 Å². The van der Waals surface area contributed by atoms with Crippen molar-refractivity contribution >= 4 is 40.6 Å². The van der Waals surface area contributed by atoms with Gasteiger partial charge in [-0.1, -0.05) is 38.0 Å². The topological polar surface area (TPSA) is 108 Å². The maximum atomic E-state index is 14.1. The van der Waals surface area contributed by atoms with Gasteiger partial charge < -0.3 is 29.7 Å². The van der Waals surface area contributed by atoms with E-state index >= 15 is 0 Å². The predicted octanol–water partition coefficient (Wildman–Crippen LogP) is 5.80. The van der Waals surface area contributed by atoms with Crippen LogP contribution in [0.1, 0.15) is 66.4 Å². The molecule has 0 spiro atoms. The Morgan fingerprint density at radius 2 is 1.93 bits per heavy atom.